The second kappa shape index (κ2) is 8.65. The first kappa shape index (κ1) is 20.7. The number of rotatable bonds is 6. The number of hydrogen-bond acceptors (Lipinski definition) is 5. The van der Waals surface area contributed by atoms with E-state index in [0.717, 1.165) is 32.5 Å². The van der Waals surface area contributed by atoms with Crippen LogP contribution in [0.2, 0.25) is 0 Å². The minimum atomic E-state index is -0.445. The predicted molar refractivity (Wildman–Crippen MR) is 124 cm³/mol. The molecule has 3 aromatic carbocycles. The predicted octanol–water partition coefficient (Wildman–Crippen LogP) is 5.60. The van der Waals surface area contributed by atoms with Gasteiger partial charge in [-0.15, -0.1) is 0 Å². The van der Waals surface area contributed by atoms with Crippen LogP contribution in [0.1, 0.15) is 22.3 Å². The van der Waals surface area contributed by atoms with E-state index < -0.39 is 4.92 Å². The van der Waals surface area contributed by atoms with Gasteiger partial charge < -0.3 is 0 Å². The molecule has 6 nitrogen and oxygen atoms in total. The maximum Gasteiger partial charge on any atom is 0.269 e. The SMILES string of the molecule is Cc1ccc(C)c2sc(N(Cc3ccccc3)C(=O)Cc3ccc([N+](=O)[O-])cc3)nc12. The highest BCUT2D eigenvalue weighted by Crippen LogP contribution is 2.34. The number of non-ortho nitro benzene ring substituents is 1. The average molecular weight is 432 g/mol. The third-order valence-corrected chi connectivity index (χ3v) is 6.36. The summed E-state index contributed by atoms with van der Waals surface area (Å²) in [6.07, 6.45) is 0.138. The molecule has 0 N–H and O–H groups in total. The first-order valence-corrected chi connectivity index (χ1v) is 10.7. The van der Waals surface area contributed by atoms with Gasteiger partial charge in [0.25, 0.3) is 5.69 Å². The third-order valence-electron chi connectivity index (χ3n) is 5.15. The van der Waals surface area contributed by atoms with Crippen LogP contribution in [0.25, 0.3) is 10.2 Å². The second-order valence-corrected chi connectivity index (χ2v) is 8.42. The summed E-state index contributed by atoms with van der Waals surface area (Å²) in [5.41, 5.74) is 4.86. The lowest BCUT2D eigenvalue weighted by molar-refractivity contribution is -0.384. The lowest BCUT2D eigenvalue weighted by Crippen LogP contribution is -2.31. The van der Waals surface area contributed by atoms with Crippen LogP contribution >= 0.6 is 11.3 Å². The summed E-state index contributed by atoms with van der Waals surface area (Å²) in [4.78, 5) is 30.3. The lowest BCUT2D eigenvalue weighted by Gasteiger charge is -2.20. The zero-order chi connectivity index (χ0) is 22.0. The Bertz CT molecular complexity index is 1210. The van der Waals surface area contributed by atoms with Crippen LogP contribution in [0.5, 0.6) is 0 Å². The fraction of sp³-hybridized carbons (Fsp3) is 0.167. The summed E-state index contributed by atoms with van der Waals surface area (Å²) in [6, 6.07) is 20.0. The highest BCUT2D eigenvalue weighted by molar-refractivity contribution is 7.22. The molecule has 0 saturated carbocycles. The molecular weight excluding hydrogens is 410 g/mol. The fourth-order valence-electron chi connectivity index (χ4n) is 3.40. The molecule has 7 heteroatoms. The van der Waals surface area contributed by atoms with Crippen molar-refractivity contribution in [1.82, 2.24) is 4.98 Å². The summed E-state index contributed by atoms with van der Waals surface area (Å²) in [5, 5.41) is 11.6. The molecule has 0 unspecified atom stereocenters. The smallest absolute Gasteiger partial charge is 0.269 e. The number of amides is 1. The Labute approximate surface area is 183 Å². The van der Waals surface area contributed by atoms with Gasteiger partial charge in [-0.2, -0.15) is 0 Å². The molecule has 0 saturated heterocycles. The first-order valence-electron chi connectivity index (χ1n) is 9.87. The summed E-state index contributed by atoms with van der Waals surface area (Å²) in [7, 11) is 0. The van der Waals surface area contributed by atoms with E-state index in [1.54, 1.807) is 17.0 Å². The Morgan fingerprint density at radius 3 is 2.29 bits per heavy atom. The Kier molecular flexibility index (Phi) is 5.77. The molecule has 0 aliphatic carbocycles. The quantitative estimate of drug-likeness (QED) is 0.294. The van der Waals surface area contributed by atoms with E-state index in [2.05, 4.69) is 6.07 Å². The second-order valence-electron chi connectivity index (χ2n) is 7.44. The van der Waals surface area contributed by atoms with Crippen molar-refractivity contribution in [3.63, 3.8) is 0 Å². The third kappa shape index (κ3) is 4.46. The van der Waals surface area contributed by atoms with Crippen molar-refractivity contribution in [2.45, 2.75) is 26.8 Å². The number of nitro groups is 1. The van der Waals surface area contributed by atoms with Gasteiger partial charge in [0.2, 0.25) is 5.91 Å². The summed E-state index contributed by atoms with van der Waals surface area (Å²) >= 11 is 1.52. The molecule has 0 aliphatic heterocycles. The monoisotopic (exact) mass is 431 g/mol. The number of carbonyl (C=O) groups excluding carboxylic acids is 1. The van der Waals surface area contributed by atoms with Gasteiger partial charge in [-0.1, -0.05) is 65.9 Å². The number of anilines is 1. The summed E-state index contributed by atoms with van der Waals surface area (Å²) in [6.45, 7) is 4.47. The number of nitro benzene ring substituents is 1. The number of hydrogen-bond donors (Lipinski definition) is 0. The highest BCUT2D eigenvalue weighted by Gasteiger charge is 2.22. The molecule has 156 valence electrons. The Hall–Kier alpha value is -3.58. The molecule has 0 radical (unpaired) electrons. The largest absolute Gasteiger partial charge is 0.283 e. The van der Waals surface area contributed by atoms with Crippen LogP contribution in [0.15, 0.2) is 66.7 Å². The van der Waals surface area contributed by atoms with Crippen molar-refractivity contribution in [2.75, 3.05) is 4.90 Å². The molecule has 1 amide bonds. The molecule has 0 bridgehead atoms. The van der Waals surface area contributed by atoms with E-state index >= 15 is 0 Å². The van der Waals surface area contributed by atoms with Crippen LogP contribution < -0.4 is 4.90 Å². The Balaban J connectivity index is 1.69. The van der Waals surface area contributed by atoms with Gasteiger partial charge in [-0.3, -0.25) is 19.8 Å². The molecule has 0 spiro atoms. The fourth-order valence-corrected chi connectivity index (χ4v) is 4.53. The van der Waals surface area contributed by atoms with Crippen molar-refractivity contribution in [3.8, 4) is 0 Å². The maximum atomic E-state index is 13.3. The van der Waals surface area contributed by atoms with E-state index in [4.69, 9.17) is 4.98 Å². The Morgan fingerprint density at radius 1 is 0.968 bits per heavy atom. The van der Waals surface area contributed by atoms with E-state index in [1.165, 1.54) is 23.5 Å². The summed E-state index contributed by atoms with van der Waals surface area (Å²) < 4.78 is 1.08. The molecule has 1 aromatic heterocycles. The number of fused-ring (bicyclic) bond motifs is 1. The van der Waals surface area contributed by atoms with Gasteiger partial charge in [-0.05, 0) is 36.1 Å². The minimum Gasteiger partial charge on any atom is -0.283 e. The van der Waals surface area contributed by atoms with Crippen molar-refractivity contribution < 1.29 is 9.72 Å². The molecular formula is C24H21N3O3S. The van der Waals surface area contributed by atoms with Gasteiger partial charge in [0.05, 0.1) is 28.1 Å². The zero-order valence-electron chi connectivity index (χ0n) is 17.2. The molecule has 0 fully saturated rings. The van der Waals surface area contributed by atoms with Crippen molar-refractivity contribution in [1.29, 1.82) is 0 Å². The van der Waals surface area contributed by atoms with Crippen LogP contribution in [0, 0.1) is 24.0 Å². The maximum absolute atomic E-state index is 13.3. The number of aromatic nitrogens is 1. The minimum absolute atomic E-state index is 0.00876. The highest BCUT2D eigenvalue weighted by atomic mass is 32.1. The number of benzene rings is 3. The lowest BCUT2D eigenvalue weighted by atomic mass is 10.1. The summed E-state index contributed by atoms with van der Waals surface area (Å²) in [5.74, 6) is -0.105. The van der Waals surface area contributed by atoms with E-state index in [-0.39, 0.29) is 18.0 Å². The van der Waals surface area contributed by atoms with Gasteiger partial charge in [0.1, 0.15) is 0 Å². The van der Waals surface area contributed by atoms with E-state index in [1.807, 2.05) is 50.2 Å². The molecule has 4 aromatic rings. The molecule has 1 heterocycles. The normalized spacial score (nSPS) is 10.9. The van der Waals surface area contributed by atoms with Gasteiger partial charge in [-0.25, -0.2) is 4.98 Å². The molecule has 0 atom stereocenters. The van der Waals surface area contributed by atoms with E-state index in [0.29, 0.717) is 11.7 Å². The van der Waals surface area contributed by atoms with Gasteiger partial charge in [0.15, 0.2) is 5.13 Å². The van der Waals surface area contributed by atoms with Gasteiger partial charge >= 0.3 is 0 Å². The van der Waals surface area contributed by atoms with Crippen molar-refractivity contribution in [2.24, 2.45) is 0 Å². The zero-order valence-corrected chi connectivity index (χ0v) is 18.1. The van der Waals surface area contributed by atoms with Crippen LogP contribution in [0.4, 0.5) is 10.8 Å². The average Bonchev–Trinajstić information content (AvgIpc) is 3.22. The van der Waals surface area contributed by atoms with Crippen molar-refractivity contribution in [3.05, 3.63) is 99.1 Å². The molecule has 0 aliphatic rings. The number of nitrogens with zero attached hydrogens (tertiary/aromatic N) is 3. The standard InChI is InChI=1S/C24H21N3O3S/c1-16-8-9-17(2)23-22(16)25-24(31-23)26(15-19-6-4-3-5-7-19)21(28)14-18-10-12-20(13-11-18)27(29)30/h3-13H,14-15H2,1-2H3. The number of carbonyl (C=O) groups is 1. The first-order chi connectivity index (χ1) is 14.9. The van der Waals surface area contributed by atoms with E-state index in [9.17, 15) is 14.9 Å². The Morgan fingerprint density at radius 2 is 1.65 bits per heavy atom. The van der Waals surface area contributed by atoms with Crippen LogP contribution in [0.3, 0.4) is 0 Å². The van der Waals surface area contributed by atoms with Crippen molar-refractivity contribution >= 4 is 38.3 Å². The molecule has 4 rings (SSSR count). The number of aryl methyl sites for hydroxylation is 2. The van der Waals surface area contributed by atoms with Crippen LogP contribution in [-0.2, 0) is 17.8 Å². The van der Waals surface area contributed by atoms with Crippen LogP contribution in [-0.4, -0.2) is 15.8 Å². The number of thiazole rings is 1. The topological polar surface area (TPSA) is 76.3 Å². The van der Waals surface area contributed by atoms with Gasteiger partial charge in [0, 0.05) is 12.1 Å². The molecule has 31 heavy (non-hydrogen) atoms.